The van der Waals surface area contributed by atoms with Crippen LogP contribution < -0.4 is 10.1 Å². The molecule has 0 heterocycles. The van der Waals surface area contributed by atoms with Crippen LogP contribution in [-0.2, 0) is 6.54 Å². The van der Waals surface area contributed by atoms with E-state index < -0.39 is 6.61 Å². The lowest BCUT2D eigenvalue weighted by Crippen LogP contribution is -2.26. The van der Waals surface area contributed by atoms with E-state index >= 15 is 0 Å². The van der Waals surface area contributed by atoms with Gasteiger partial charge in [0.05, 0.1) is 0 Å². The van der Waals surface area contributed by atoms with Crippen molar-refractivity contribution >= 4 is 15.9 Å². The summed E-state index contributed by atoms with van der Waals surface area (Å²) >= 11 is 3.32. The van der Waals surface area contributed by atoms with Crippen LogP contribution in [0.15, 0.2) is 34.8 Å². The van der Waals surface area contributed by atoms with Gasteiger partial charge in [-0.25, -0.2) is 0 Å². The maximum absolute atomic E-state index is 12.3. The van der Waals surface area contributed by atoms with E-state index in [4.69, 9.17) is 5.11 Å². The van der Waals surface area contributed by atoms with Crippen molar-refractivity contribution in [3.63, 3.8) is 0 Å². The zero-order valence-electron chi connectivity index (χ0n) is 10.7. The van der Waals surface area contributed by atoms with Gasteiger partial charge >= 0.3 is 6.61 Å². The van der Waals surface area contributed by atoms with Crippen LogP contribution in [0.25, 0.3) is 0 Å². The third-order valence-corrected chi connectivity index (χ3v) is 3.69. The normalized spacial score (nSPS) is 21.6. The lowest BCUT2D eigenvalue weighted by atomic mass is 10.1. The quantitative estimate of drug-likeness (QED) is 0.777. The summed E-state index contributed by atoms with van der Waals surface area (Å²) < 4.78 is 30.0. The summed E-state index contributed by atoms with van der Waals surface area (Å²) in [5.74, 6) is 0.350. The van der Waals surface area contributed by atoms with E-state index in [1.807, 2.05) is 12.2 Å². The van der Waals surface area contributed by atoms with Crippen molar-refractivity contribution in [2.45, 2.75) is 25.6 Å². The lowest BCUT2D eigenvalue weighted by molar-refractivity contribution is -0.0505. The van der Waals surface area contributed by atoms with Crippen LogP contribution in [0.1, 0.15) is 12.0 Å². The highest BCUT2D eigenvalue weighted by Gasteiger charge is 2.18. The highest BCUT2D eigenvalue weighted by atomic mass is 79.9. The first-order chi connectivity index (χ1) is 9.58. The van der Waals surface area contributed by atoms with Gasteiger partial charge in [-0.2, -0.15) is 8.78 Å². The molecule has 20 heavy (non-hydrogen) atoms. The molecule has 2 atom stereocenters. The molecular formula is C14H16BrF2NO2. The SMILES string of the molecule is OC[C@H]1C=C[C@@H](NCc2cc(Br)ccc2OC(F)F)C1. The summed E-state index contributed by atoms with van der Waals surface area (Å²) in [5, 5.41) is 12.3. The first-order valence-electron chi connectivity index (χ1n) is 6.34. The van der Waals surface area contributed by atoms with Gasteiger partial charge in [-0.3, -0.25) is 0 Å². The number of aliphatic hydroxyl groups excluding tert-OH is 1. The second kappa shape index (κ2) is 7.15. The molecule has 2 N–H and O–H groups in total. The molecular weight excluding hydrogens is 332 g/mol. The Hall–Kier alpha value is -0.980. The Bertz CT molecular complexity index is 482. The van der Waals surface area contributed by atoms with Crippen molar-refractivity contribution < 1.29 is 18.6 Å². The minimum atomic E-state index is -2.83. The van der Waals surface area contributed by atoms with E-state index in [9.17, 15) is 8.78 Å². The van der Waals surface area contributed by atoms with E-state index in [0.29, 0.717) is 12.1 Å². The molecule has 0 spiro atoms. The number of hydrogen-bond donors (Lipinski definition) is 2. The van der Waals surface area contributed by atoms with Crippen molar-refractivity contribution in [1.82, 2.24) is 5.32 Å². The van der Waals surface area contributed by atoms with Crippen LogP contribution in [0.4, 0.5) is 8.78 Å². The summed E-state index contributed by atoms with van der Waals surface area (Å²) in [6.45, 7) is -2.28. The minimum absolute atomic E-state index is 0.130. The summed E-state index contributed by atoms with van der Waals surface area (Å²) in [6, 6.07) is 5.09. The molecule has 0 saturated carbocycles. The van der Waals surface area contributed by atoms with Crippen molar-refractivity contribution in [3.05, 3.63) is 40.4 Å². The third kappa shape index (κ3) is 4.26. The molecule has 1 aromatic rings. The van der Waals surface area contributed by atoms with Gasteiger partial charge in [0.2, 0.25) is 0 Å². The number of aliphatic hydroxyl groups is 1. The molecule has 0 fully saturated rings. The molecule has 0 aromatic heterocycles. The Labute approximate surface area is 124 Å². The summed E-state index contributed by atoms with van der Waals surface area (Å²) in [6.07, 6.45) is 4.78. The van der Waals surface area contributed by atoms with Crippen LogP contribution in [-0.4, -0.2) is 24.4 Å². The highest BCUT2D eigenvalue weighted by molar-refractivity contribution is 9.10. The summed E-state index contributed by atoms with van der Waals surface area (Å²) in [5.41, 5.74) is 0.667. The van der Waals surface area contributed by atoms with E-state index in [1.165, 1.54) is 6.07 Å². The number of ether oxygens (including phenoxy) is 1. The smallest absolute Gasteiger partial charge is 0.387 e. The van der Waals surface area contributed by atoms with Crippen molar-refractivity contribution in [1.29, 1.82) is 0 Å². The molecule has 3 nitrogen and oxygen atoms in total. The fraction of sp³-hybridized carbons (Fsp3) is 0.429. The molecule has 0 unspecified atom stereocenters. The summed E-state index contributed by atoms with van der Waals surface area (Å²) in [4.78, 5) is 0. The van der Waals surface area contributed by atoms with Gasteiger partial charge in [0.25, 0.3) is 0 Å². The Morgan fingerprint density at radius 1 is 1.40 bits per heavy atom. The second-order valence-corrected chi connectivity index (χ2v) is 5.60. The van der Waals surface area contributed by atoms with Gasteiger partial charge in [0.1, 0.15) is 5.75 Å². The molecule has 6 heteroatoms. The van der Waals surface area contributed by atoms with Gasteiger partial charge in [-0.15, -0.1) is 0 Å². The fourth-order valence-electron chi connectivity index (χ4n) is 2.20. The Morgan fingerprint density at radius 3 is 2.85 bits per heavy atom. The monoisotopic (exact) mass is 347 g/mol. The average Bonchev–Trinajstić information content (AvgIpc) is 2.86. The number of hydrogen-bond acceptors (Lipinski definition) is 3. The number of rotatable bonds is 6. The van der Waals surface area contributed by atoms with Crippen molar-refractivity contribution in [2.75, 3.05) is 6.61 Å². The maximum atomic E-state index is 12.3. The van der Waals surface area contributed by atoms with E-state index in [0.717, 1.165) is 10.9 Å². The number of nitrogens with one attached hydrogen (secondary N) is 1. The summed E-state index contributed by atoms with van der Waals surface area (Å²) in [7, 11) is 0. The van der Waals surface area contributed by atoms with E-state index in [-0.39, 0.29) is 24.3 Å². The van der Waals surface area contributed by atoms with Crippen LogP contribution in [0.2, 0.25) is 0 Å². The molecule has 1 aliphatic carbocycles. The predicted molar refractivity (Wildman–Crippen MR) is 75.7 cm³/mol. The van der Waals surface area contributed by atoms with Crippen LogP contribution in [0.5, 0.6) is 5.75 Å². The van der Waals surface area contributed by atoms with Crippen molar-refractivity contribution in [3.8, 4) is 5.75 Å². The second-order valence-electron chi connectivity index (χ2n) is 4.68. The van der Waals surface area contributed by atoms with Gasteiger partial charge in [0.15, 0.2) is 0 Å². The first-order valence-corrected chi connectivity index (χ1v) is 7.13. The number of halogens is 3. The largest absolute Gasteiger partial charge is 0.434 e. The Kier molecular flexibility index (Phi) is 5.51. The topological polar surface area (TPSA) is 41.5 Å². The Balaban J connectivity index is 1.98. The molecule has 110 valence electrons. The average molecular weight is 348 g/mol. The molecule has 2 rings (SSSR count). The highest BCUT2D eigenvalue weighted by Crippen LogP contribution is 2.25. The zero-order valence-corrected chi connectivity index (χ0v) is 12.3. The fourth-order valence-corrected chi connectivity index (χ4v) is 2.61. The third-order valence-electron chi connectivity index (χ3n) is 3.20. The van der Waals surface area contributed by atoms with Gasteiger partial charge in [0, 0.05) is 35.1 Å². The van der Waals surface area contributed by atoms with Gasteiger partial charge < -0.3 is 15.2 Å². The Morgan fingerprint density at radius 2 is 2.20 bits per heavy atom. The minimum Gasteiger partial charge on any atom is -0.434 e. The molecule has 0 aliphatic heterocycles. The number of alkyl halides is 2. The van der Waals surface area contributed by atoms with E-state index in [2.05, 4.69) is 26.0 Å². The van der Waals surface area contributed by atoms with Crippen LogP contribution in [0, 0.1) is 5.92 Å². The maximum Gasteiger partial charge on any atom is 0.387 e. The molecule has 0 radical (unpaired) electrons. The molecule has 0 bridgehead atoms. The van der Waals surface area contributed by atoms with Crippen LogP contribution in [0.3, 0.4) is 0 Å². The number of benzene rings is 1. The van der Waals surface area contributed by atoms with Crippen molar-refractivity contribution in [2.24, 2.45) is 5.92 Å². The molecule has 0 saturated heterocycles. The predicted octanol–water partition coefficient (Wildman–Crippen LogP) is 3.08. The standard InChI is InChI=1S/C14H16BrF2NO2/c15-11-2-4-13(20-14(16)17)10(6-11)7-18-12-3-1-9(5-12)8-19/h1-4,6,9,12,14,18-19H,5,7-8H2/t9-,12+/m0/s1. The lowest BCUT2D eigenvalue weighted by Gasteiger charge is -2.15. The van der Waals surface area contributed by atoms with Gasteiger partial charge in [-0.05, 0) is 24.6 Å². The zero-order chi connectivity index (χ0) is 14.5. The van der Waals surface area contributed by atoms with E-state index in [1.54, 1.807) is 12.1 Å². The molecule has 1 aromatic carbocycles. The first kappa shape index (κ1) is 15.4. The molecule has 0 amide bonds. The van der Waals surface area contributed by atoms with Crippen LogP contribution >= 0.6 is 15.9 Å². The van der Waals surface area contributed by atoms with Gasteiger partial charge in [-0.1, -0.05) is 28.1 Å². The molecule has 1 aliphatic rings.